The molecular formula is C25H24N6O2S. The van der Waals surface area contributed by atoms with Crippen LogP contribution in [-0.2, 0) is 4.79 Å². The highest BCUT2D eigenvalue weighted by molar-refractivity contribution is 7.22. The Hall–Kier alpha value is -3.85. The van der Waals surface area contributed by atoms with E-state index in [0.29, 0.717) is 17.3 Å². The van der Waals surface area contributed by atoms with E-state index >= 15 is 0 Å². The number of aliphatic carboxylic acids is 1. The van der Waals surface area contributed by atoms with E-state index in [2.05, 4.69) is 38.5 Å². The van der Waals surface area contributed by atoms with Crippen molar-refractivity contribution in [1.82, 2.24) is 24.9 Å². The maximum absolute atomic E-state index is 11.5. The second-order valence-corrected chi connectivity index (χ2v) is 10.3. The van der Waals surface area contributed by atoms with Crippen LogP contribution in [0.25, 0.3) is 43.1 Å². The fourth-order valence-corrected chi connectivity index (χ4v) is 4.87. The number of fused-ring (bicyclic) bond motifs is 2. The molecule has 1 aromatic carbocycles. The van der Waals surface area contributed by atoms with Crippen LogP contribution in [-0.4, -0.2) is 42.0 Å². The third kappa shape index (κ3) is 4.34. The van der Waals surface area contributed by atoms with Gasteiger partial charge in [-0.25, -0.2) is 19.9 Å². The number of aromatic amines is 1. The van der Waals surface area contributed by atoms with Gasteiger partial charge in [-0.2, -0.15) is 0 Å². The van der Waals surface area contributed by atoms with E-state index < -0.39 is 5.97 Å². The summed E-state index contributed by atoms with van der Waals surface area (Å²) in [5, 5.41) is 14.8. The van der Waals surface area contributed by atoms with Crippen molar-refractivity contribution in [1.29, 1.82) is 0 Å². The number of thiophene rings is 1. The zero-order chi connectivity index (χ0) is 23.9. The molecule has 5 aromatic rings. The number of rotatable bonds is 6. The molecule has 8 nitrogen and oxygen atoms in total. The number of anilines is 1. The second kappa shape index (κ2) is 8.49. The lowest BCUT2D eigenvalue weighted by atomic mass is 9.85. The summed E-state index contributed by atoms with van der Waals surface area (Å²) in [7, 11) is 0. The van der Waals surface area contributed by atoms with Gasteiger partial charge in [-0.05, 0) is 22.9 Å². The molecule has 4 aromatic heterocycles. The molecule has 5 rings (SSSR count). The first kappa shape index (κ1) is 22.0. The van der Waals surface area contributed by atoms with Crippen LogP contribution >= 0.6 is 11.3 Å². The van der Waals surface area contributed by atoms with E-state index in [0.717, 1.165) is 26.9 Å². The summed E-state index contributed by atoms with van der Waals surface area (Å²) in [6.45, 7) is 6.04. The fraction of sp³-hybridized carbons (Fsp3) is 0.240. The largest absolute Gasteiger partial charge is 0.481 e. The number of benzene rings is 1. The molecular weight excluding hydrogens is 448 g/mol. The molecule has 0 aliphatic carbocycles. The normalized spacial score (nSPS) is 12.8. The van der Waals surface area contributed by atoms with Crippen LogP contribution in [0.4, 0.5) is 5.82 Å². The minimum Gasteiger partial charge on any atom is -0.481 e. The van der Waals surface area contributed by atoms with E-state index in [1.165, 1.54) is 11.0 Å². The van der Waals surface area contributed by atoms with E-state index in [1.54, 1.807) is 17.5 Å². The standard InChI is InChI=1S/C25H24N6O2S/c1-25(2,3)20(10-22(32)33)30-21-9-17(19-8-14-6-4-5-7-18(14)34-19)29-24(31-21)16-12-27-23-15(16)11-26-13-28-23/h4-9,11-13,20H,10H2,1-3H3,(H,32,33)(H,26,27,28)(H,29,30,31)/t20-/m1/s1. The average molecular weight is 473 g/mol. The molecule has 34 heavy (non-hydrogen) atoms. The van der Waals surface area contributed by atoms with Gasteiger partial charge in [0.15, 0.2) is 5.82 Å². The smallest absolute Gasteiger partial charge is 0.305 e. The average Bonchev–Trinajstić information content (AvgIpc) is 3.42. The molecule has 0 aliphatic rings. The van der Waals surface area contributed by atoms with Crippen LogP contribution in [0, 0.1) is 5.41 Å². The number of H-pyrrole nitrogens is 1. The Morgan fingerprint density at radius 2 is 2.03 bits per heavy atom. The first-order chi connectivity index (χ1) is 16.3. The van der Waals surface area contributed by atoms with Crippen LogP contribution in [0.3, 0.4) is 0 Å². The van der Waals surface area contributed by atoms with Crippen LogP contribution in [0.1, 0.15) is 27.2 Å². The summed E-state index contributed by atoms with van der Waals surface area (Å²) >= 11 is 1.66. The van der Waals surface area contributed by atoms with Gasteiger partial charge in [0, 0.05) is 40.2 Å². The molecule has 1 atom stereocenters. The molecule has 0 saturated heterocycles. The summed E-state index contributed by atoms with van der Waals surface area (Å²) in [5.74, 6) is 0.228. The number of hydrogen-bond donors (Lipinski definition) is 3. The van der Waals surface area contributed by atoms with Gasteiger partial charge in [0.2, 0.25) is 0 Å². The fourth-order valence-electron chi connectivity index (χ4n) is 3.85. The predicted molar refractivity (Wildman–Crippen MR) is 135 cm³/mol. The molecule has 3 N–H and O–H groups in total. The lowest BCUT2D eigenvalue weighted by molar-refractivity contribution is -0.137. The van der Waals surface area contributed by atoms with Crippen molar-refractivity contribution in [3.8, 4) is 22.0 Å². The van der Waals surface area contributed by atoms with E-state index in [9.17, 15) is 9.90 Å². The highest BCUT2D eigenvalue weighted by Crippen LogP contribution is 2.36. The molecule has 0 aliphatic heterocycles. The molecule has 0 unspecified atom stereocenters. The van der Waals surface area contributed by atoms with Crippen molar-refractivity contribution in [3.05, 3.63) is 55.1 Å². The summed E-state index contributed by atoms with van der Waals surface area (Å²) in [6, 6.07) is 11.9. The zero-order valence-corrected chi connectivity index (χ0v) is 19.8. The van der Waals surface area contributed by atoms with Crippen molar-refractivity contribution in [3.63, 3.8) is 0 Å². The van der Waals surface area contributed by atoms with Crippen LogP contribution in [0.2, 0.25) is 0 Å². The highest BCUT2D eigenvalue weighted by Gasteiger charge is 2.28. The summed E-state index contributed by atoms with van der Waals surface area (Å²) in [4.78, 5) is 33.8. The Kier molecular flexibility index (Phi) is 5.49. The Morgan fingerprint density at radius 1 is 1.21 bits per heavy atom. The Balaban J connectivity index is 1.65. The summed E-state index contributed by atoms with van der Waals surface area (Å²) < 4.78 is 1.17. The second-order valence-electron chi connectivity index (χ2n) is 9.26. The maximum atomic E-state index is 11.5. The van der Waals surface area contributed by atoms with E-state index in [-0.39, 0.29) is 17.9 Å². The number of carboxylic acids is 1. The Labute approximate surface area is 200 Å². The Morgan fingerprint density at radius 3 is 2.79 bits per heavy atom. The first-order valence-electron chi connectivity index (χ1n) is 10.9. The lowest BCUT2D eigenvalue weighted by Crippen LogP contribution is -2.36. The van der Waals surface area contributed by atoms with Crippen molar-refractivity contribution < 1.29 is 9.90 Å². The van der Waals surface area contributed by atoms with Crippen molar-refractivity contribution in [2.24, 2.45) is 5.41 Å². The number of nitrogens with zero attached hydrogens (tertiary/aromatic N) is 4. The molecule has 0 amide bonds. The minimum absolute atomic E-state index is 0.0258. The van der Waals surface area contributed by atoms with Gasteiger partial charge in [0.1, 0.15) is 17.8 Å². The molecule has 4 heterocycles. The Bertz CT molecular complexity index is 1470. The number of carboxylic acid groups (broad SMARTS) is 1. The van der Waals surface area contributed by atoms with E-state index in [4.69, 9.17) is 9.97 Å². The third-order valence-corrected chi connectivity index (χ3v) is 6.89. The van der Waals surface area contributed by atoms with Gasteiger partial charge in [-0.15, -0.1) is 11.3 Å². The number of hydrogen-bond acceptors (Lipinski definition) is 7. The van der Waals surface area contributed by atoms with Crippen molar-refractivity contribution in [2.45, 2.75) is 33.2 Å². The third-order valence-electron chi connectivity index (χ3n) is 5.75. The maximum Gasteiger partial charge on any atom is 0.305 e. The molecule has 0 saturated carbocycles. The molecule has 9 heteroatoms. The number of aromatic nitrogens is 5. The van der Waals surface area contributed by atoms with Gasteiger partial charge in [0.05, 0.1) is 17.0 Å². The molecule has 172 valence electrons. The number of nitrogens with one attached hydrogen (secondary N) is 2. The van der Waals surface area contributed by atoms with Gasteiger partial charge in [0.25, 0.3) is 0 Å². The van der Waals surface area contributed by atoms with Crippen LogP contribution in [0.15, 0.2) is 55.1 Å². The predicted octanol–water partition coefficient (Wildman–Crippen LogP) is 5.60. The molecule has 0 radical (unpaired) electrons. The highest BCUT2D eigenvalue weighted by atomic mass is 32.1. The molecule has 0 fully saturated rings. The van der Waals surface area contributed by atoms with Crippen LogP contribution < -0.4 is 5.32 Å². The zero-order valence-electron chi connectivity index (χ0n) is 19.0. The van der Waals surface area contributed by atoms with Crippen molar-refractivity contribution >= 4 is 44.2 Å². The SMILES string of the molecule is CC(C)(C)[C@@H](CC(=O)O)Nc1cc(-c2cc3ccccc3s2)nc(-c2c[nH]c3ncncc23)n1. The minimum atomic E-state index is -0.861. The number of carbonyl (C=O) groups is 1. The van der Waals surface area contributed by atoms with Gasteiger partial charge in [-0.1, -0.05) is 39.0 Å². The first-order valence-corrected chi connectivity index (χ1v) is 11.7. The van der Waals surface area contributed by atoms with E-state index in [1.807, 2.05) is 45.2 Å². The molecule has 0 bridgehead atoms. The lowest BCUT2D eigenvalue weighted by Gasteiger charge is -2.31. The molecule has 0 spiro atoms. The van der Waals surface area contributed by atoms with Gasteiger partial charge in [-0.3, -0.25) is 4.79 Å². The monoisotopic (exact) mass is 472 g/mol. The van der Waals surface area contributed by atoms with Crippen LogP contribution in [0.5, 0.6) is 0 Å². The van der Waals surface area contributed by atoms with Gasteiger partial charge >= 0.3 is 5.97 Å². The summed E-state index contributed by atoms with van der Waals surface area (Å²) in [6.07, 6.45) is 5.02. The quantitative estimate of drug-likeness (QED) is 0.294. The van der Waals surface area contributed by atoms with Crippen molar-refractivity contribution in [2.75, 3.05) is 5.32 Å². The van der Waals surface area contributed by atoms with Gasteiger partial charge < -0.3 is 15.4 Å². The topological polar surface area (TPSA) is 117 Å². The summed E-state index contributed by atoms with van der Waals surface area (Å²) in [5.41, 5.74) is 1.96.